The first-order valence-electron chi connectivity index (χ1n) is 6.33. The van der Waals surface area contributed by atoms with E-state index in [4.69, 9.17) is 23.2 Å². The Balaban J connectivity index is 1.95. The lowest BCUT2D eigenvalue weighted by molar-refractivity contribution is 0.0390. The number of aryl methyl sites for hydroxylation is 1. The van der Waals surface area contributed by atoms with Crippen LogP contribution >= 0.6 is 23.2 Å². The van der Waals surface area contributed by atoms with Crippen LogP contribution in [-0.2, 0) is 18.4 Å². The summed E-state index contributed by atoms with van der Waals surface area (Å²) in [5, 5.41) is 12.1. The standard InChI is InChI=1S/C16H14Cl2O/c17-13-6-5-12(15(18)9-13)10-16(19)8-7-11-3-1-2-4-14(11)16/h1-6,9,19H,7-8,10H2. The van der Waals surface area contributed by atoms with Crippen LogP contribution in [0.3, 0.4) is 0 Å². The highest BCUT2D eigenvalue weighted by molar-refractivity contribution is 6.35. The van der Waals surface area contributed by atoms with E-state index < -0.39 is 5.60 Å². The summed E-state index contributed by atoms with van der Waals surface area (Å²) in [6.07, 6.45) is 2.18. The molecule has 1 atom stereocenters. The van der Waals surface area contributed by atoms with Crippen LogP contribution < -0.4 is 0 Å². The van der Waals surface area contributed by atoms with Crippen molar-refractivity contribution in [3.63, 3.8) is 0 Å². The number of hydrogen-bond donors (Lipinski definition) is 1. The van der Waals surface area contributed by atoms with Gasteiger partial charge in [0.05, 0.1) is 5.60 Å². The number of hydrogen-bond acceptors (Lipinski definition) is 1. The molecule has 0 spiro atoms. The molecule has 0 fully saturated rings. The highest BCUT2D eigenvalue weighted by Crippen LogP contribution is 2.40. The number of aliphatic hydroxyl groups is 1. The predicted molar refractivity (Wildman–Crippen MR) is 78.8 cm³/mol. The van der Waals surface area contributed by atoms with Crippen molar-refractivity contribution in [1.29, 1.82) is 0 Å². The van der Waals surface area contributed by atoms with Crippen LogP contribution in [0.5, 0.6) is 0 Å². The highest BCUT2D eigenvalue weighted by Gasteiger charge is 2.36. The van der Waals surface area contributed by atoms with Gasteiger partial charge in [0.25, 0.3) is 0 Å². The van der Waals surface area contributed by atoms with Crippen LogP contribution in [0.4, 0.5) is 0 Å². The molecule has 1 aliphatic carbocycles. The summed E-state index contributed by atoms with van der Waals surface area (Å²) in [4.78, 5) is 0. The summed E-state index contributed by atoms with van der Waals surface area (Å²) < 4.78 is 0. The lowest BCUT2D eigenvalue weighted by atomic mass is 9.89. The highest BCUT2D eigenvalue weighted by atomic mass is 35.5. The molecule has 3 rings (SSSR count). The van der Waals surface area contributed by atoms with E-state index in [0.717, 1.165) is 24.0 Å². The first kappa shape index (κ1) is 13.0. The van der Waals surface area contributed by atoms with Crippen molar-refractivity contribution in [3.8, 4) is 0 Å². The molecule has 1 unspecified atom stereocenters. The lowest BCUT2D eigenvalue weighted by Crippen LogP contribution is -2.25. The van der Waals surface area contributed by atoms with Crippen LogP contribution in [0.1, 0.15) is 23.1 Å². The quantitative estimate of drug-likeness (QED) is 0.871. The average Bonchev–Trinajstić information content (AvgIpc) is 2.72. The van der Waals surface area contributed by atoms with E-state index in [9.17, 15) is 5.11 Å². The number of fused-ring (bicyclic) bond motifs is 1. The Hall–Kier alpha value is -1.02. The Morgan fingerprint density at radius 3 is 2.68 bits per heavy atom. The molecule has 1 nitrogen and oxygen atoms in total. The number of benzene rings is 2. The summed E-state index contributed by atoms with van der Waals surface area (Å²) in [7, 11) is 0. The maximum atomic E-state index is 10.9. The van der Waals surface area contributed by atoms with Crippen LogP contribution in [0.15, 0.2) is 42.5 Å². The number of rotatable bonds is 2. The second-order valence-corrected chi connectivity index (χ2v) is 5.94. The normalized spacial score (nSPS) is 21.4. The van der Waals surface area contributed by atoms with E-state index in [1.54, 1.807) is 6.07 Å². The molecule has 0 bridgehead atoms. The summed E-state index contributed by atoms with van der Waals surface area (Å²) in [6.45, 7) is 0. The predicted octanol–water partition coefficient (Wildman–Crippen LogP) is 4.37. The molecule has 0 aromatic heterocycles. The van der Waals surface area contributed by atoms with Gasteiger partial charge in [0.1, 0.15) is 0 Å². The minimum atomic E-state index is -0.811. The molecule has 2 aromatic carbocycles. The van der Waals surface area contributed by atoms with Crippen LogP contribution in [0.2, 0.25) is 10.0 Å². The second kappa shape index (κ2) is 4.82. The molecule has 0 amide bonds. The molecule has 1 N–H and O–H groups in total. The Kier molecular flexibility index (Phi) is 3.30. The van der Waals surface area contributed by atoms with Crippen molar-refractivity contribution in [2.45, 2.75) is 24.9 Å². The van der Waals surface area contributed by atoms with E-state index in [2.05, 4.69) is 6.07 Å². The van der Waals surface area contributed by atoms with Gasteiger partial charge in [-0.15, -0.1) is 0 Å². The van der Waals surface area contributed by atoms with E-state index >= 15 is 0 Å². The average molecular weight is 293 g/mol. The third kappa shape index (κ3) is 2.38. The topological polar surface area (TPSA) is 20.2 Å². The summed E-state index contributed by atoms with van der Waals surface area (Å²) in [6, 6.07) is 13.5. The molecule has 3 heteroatoms. The molecular formula is C16H14Cl2O. The Morgan fingerprint density at radius 2 is 1.89 bits per heavy atom. The van der Waals surface area contributed by atoms with Crippen molar-refractivity contribution in [2.24, 2.45) is 0 Å². The zero-order chi connectivity index (χ0) is 13.5. The van der Waals surface area contributed by atoms with E-state index in [0.29, 0.717) is 16.5 Å². The van der Waals surface area contributed by atoms with Crippen LogP contribution in [0, 0.1) is 0 Å². The van der Waals surface area contributed by atoms with Gasteiger partial charge >= 0.3 is 0 Å². The first-order valence-corrected chi connectivity index (χ1v) is 7.09. The van der Waals surface area contributed by atoms with Crippen molar-refractivity contribution < 1.29 is 5.11 Å². The van der Waals surface area contributed by atoms with Crippen molar-refractivity contribution >= 4 is 23.2 Å². The van der Waals surface area contributed by atoms with E-state index in [-0.39, 0.29) is 0 Å². The maximum Gasteiger partial charge on any atom is 0.0943 e. The minimum Gasteiger partial charge on any atom is -0.385 e. The molecule has 2 aromatic rings. The lowest BCUT2D eigenvalue weighted by Gasteiger charge is -2.24. The van der Waals surface area contributed by atoms with Crippen molar-refractivity contribution in [1.82, 2.24) is 0 Å². The van der Waals surface area contributed by atoms with Gasteiger partial charge in [-0.3, -0.25) is 0 Å². The van der Waals surface area contributed by atoms with Gasteiger partial charge in [-0.25, -0.2) is 0 Å². The van der Waals surface area contributed by atoms with Gasteiger partial charge in [0, 0.05) is 16.5 Å². The van der Waals surface area contributed by atoms with E-state index in [1.807, 2.05) is 30.3 Å². The monoisotopic (exact) mass is 292 g/mol. The van der Waals surface area contributed by atoms with Gasteiger partial charge in [-0.2, -0.15) is 0 Å². The Morgan fingerprint density at radius 1 is 1.11 bits per heavy atom. The van der Waals surface area contributed by atoms with Gasteiger partial charge in [-0.1, -0.05) is 53.5 Å². The number of halogens is 2. The molecule has 0 saturated heterocycles. The smallest absolute Gasteiger partial charge is 0.0943 e. The first-order chi connectivity index (χ1) is 9.08. The Labute approximate surface area is 122 Å². The third-order valence-corrected chi connectivity index (χ3v) is 4.41. The fourth-order valence-corrected chi connectivity index (χ4v) is 3.31. The maximum absolute atomic E-state index is 10.9. The van der Waals surface area contributed by atoms with Crippen LogP contribution in [-0.4, -0.2) is 5.11 Å². The molecular weight excluding hydrogens is 279 g/mol. The van der Waals surface area contributed by atoms with Gasteiger partial charge in [0.2, 0.25) is 0 Å². The van der Waals surface area contributed by atoms with Crippen molar-refractivity contribution in [2.75, 3.05) is 0 Å². The fourth-order valence-electron chi connectivity index (χ4n) is 2.83. The van der Waals surface area contributed by atoms with Gasteiger partial charge in [0.15, 0.2) is 0 Å². The fraction of sp³-hybridized carbons (Fsp3) is 0.250. The summed E-state index contributed by atoms with van der Waals surface area (Å²) in [5.74, 6) is 0. The summed E-state index contributed by atoms with van der Waals surface area (Å²) >= 11 is 12.1. The molecule has 0 saturated carbocycles. The molecule has 19 heavy (non-hydrogen) atoms. The molecule has 98 valence electrons. The minimum absolute atomic E-state index is 0.528. The summed E-state index contributed by atoms with van der Waals surface area (Å²) in [5.41, 5.74) is 2.38. The largest absolute Gasteiger partial charge is 0.385 e. The molecule has 1 aliphatic rings. The molecule has 0 radical (unpaired) electrons. The van der Waals surface area contributed by atoms with Crippen molar-refractivity contribution in [3.05, 3.63) is 69.2 Å². The second-order valence-electron chi connectivity index (χ2n) is 5.10. The molecule has 0 aliphatic heterocycles. The SMILES string of the molecule is OC1(Cc2ccc(Cl)cc2Cl)CCc2ccccc21. The van der Waals surface area contributed by atoms with Crippen LogP contribution in [0.25, 0.3) is 0 Å². The zero-order valence-electron chi connectivity index (χ0n) is 10.4. The molecule has 0 heterocycles. The Bertz CT molecular complexity index is 624. The van der Waals surface area contributed by atoms with E-state index in [1.165, 1.54) is 5.56 Å². The van der Waals surface area contributed by atoms with Gasteiger partial charge < -0.3 is 5.11 Å². The third-order valence-electron chi connectivity index (χ3n) is 3.82. The van der Waals surface area contributed by atoms with Gasteiger partial charge in [-0.05, 0) is 41.7 Å². The zero-order valence-corrected chi connectivity index (χ0v) is 11.9.